The highest BCUT2D eigenvalue weighted by Crippen LogP contribution is 2.21. The van der Waals surface area contributed by atoms with Gasteiger partial charge in [0.15, 0.2) is 5.13 Å². The van der Waals surface area contributed by atoms with Crippen LogP contribution in [0.2, 0.25) is 0 Å². The Bertz CT molecular complexity index is 372. The van der Waals surface area contributed by atoms with Crippen molar-refractivity contribution >= 4 is 22.4 Å². The first-order valence-electron chi connectivity index (χ1n) is 5.26. The van der Waals surface area contributed by atoms with Crippen LogP contribution in [0.3, 0.4) is 0 Å². The summed E-state index contributed by atoms with van der Waals surface area (Å²) in [6.07, 6.45) is 0.789. The summed E-state index contributed by atoms with van der Waals surface area (Å²) in [6.45, 7) is 3.05. The van der Waals surface area contributed by atoms with E-state index in [4.69, 9.17) is 10.5 Å². The van der Waals surface area contributed by atoms with Gasteiger partial charge in [0, 0.05) is 18.0 Å². The van der Waals surface area contributed by atoms with E-state index in [9.17, 15) is 4.79 Å². The zero-order valence-corrected chi connectivity index (χ0v) is 9.92. The van der Waals surface area contributed by atoms with Gasteiger partial charge in [-0.05, 0) is 13.3 Å². The molecule has 0 bridgehead atoms. The maximum Gasteiger partial charge on any atom is 0.231 e. The van der Waals surface area contributed by atoms with Gasteiger partial charge in [-0.1, -0.05) is 0 Å². The number of rotatable bonds is 3. The van der Waals surface area contributed by atoms with Gasteiger partial charge >= 0.3 is 0 Å². The fourth-order valence-electron chi connectivity index (χ4n) is 1.50. The average molecular weight is 241 g/mol. The van der Waals surface area contributed by atoms with E-state index < -0.39 is 0 Å². The SMILES string of the molecule is CC(N)c1csc(NC(=O)C2CCOC2)n1. The summed E-state index contributed by atoms with van der Waals surface area (Å²) in [6, 6.07) is -0.100. The van der Waals surface area contributed by atoms with Gasteiger partial charge < -0.3 is 15.8 Å². The molecule has 1 aliphatic heterocycles. The number of amides is 1. The molecule has 3 N–H and O–H groups in total. The van der Waals surface area contributed by atoms with Gasteiger partial charge in [-0.3, -0.25) is 4.79 Å². The first-order valence-corrected chi connectivity index (χ1v) is 6.14. The lowest BCUT2D eigenvalue weighted by molar-refractivity contribution is -0.119. The van der Waals surface area contributed by atoms with Gasteiger partial charge in [0.25, 0.3) is 0 Å². The number of carbonyl (C=O) groups is 1. The van der Waals surface area contributed by atoms with Crippen LogP contribution in [0.5, 0.6) is 0 Å². The zero-order chi connectivity index (χ0) is 11.5. The van der Waals surface area contributed by atoms with Gasteiger partial charge in [0.1, 0.15) is 0 Å². The molecule has 0 spiro atoms. The number of hydrogen-bond donors (Lipinski definition) is 2. The molecule has 1 aliphatic rings. The van der Waals surface area contributed by atoms with Crippen LogP contribution in [0.15, 0.2) is 5.38 Å². The van der Waals surface area contributed by atoms with Gasteiger partial charge in [0.05, 0.1) is 18.2 Å². The Labute approximate surface area is 98.0 Å². The number of ether oxygens (including phenoxy) is 1. The fraction of sp³-hybridized carbons (Fsp3) is 0.600. The Kier molecular flexibility index (Phi) is 3.52. The molecule has 88 valence electrons. The highest BCUT2D eigenvalue weighted by molar-refractivity contribution is 7.13. The number of nitrogens with two attached hydrogens (primary N) is 1. The Hall–Kier alpha value is -0.980. The molecule has 1 amide bonds. The van der Waals surface area contributed by atoms with Crippen molar-refractivity contribution in [1.82, 2.24) is 4.98 Å². The molecule has 1 saturated heterocycles. The normalized spacial score (nSPS) is 22.0. The van der Waals surface area contributed by atoms with E-state index >= 15 is 0 Å². The third kappa shape index (κ3) is 2.58. The maximum absolute atomic E-state index is 11.7. The lowest BCUT2D eigenvalue weighted by Gasteiger charge is -2.06. The smallest absolute Gasteiger partial charge is 0.231 e. The molecule has 0 radical (unpaired) electrons. The van der Waals surface area contributed by atoms with Gasteiger partial charge in [-0.25, -0.2) is 4.98 Å². The van der Waals surface area contributed by atoms with Crippen molar-refractivity contribution in [1.29, 1.82) is 0 Å². The summed E-state index contributed by atoms with van der Waals surface area (Å²) in [5.74, 6) is -0.0503. The molecule has 2 unspecified atom stereocenters. The van der Waals surface area contributed by atoms with E-state index in [0.717, 1.165) is 12.1 Å². The maximum atomic E-state index is 11.7. The first kappa shape index (κ1) is 11.5. The minimum atomic E-state index is -0.100. The van der Waals surface area contributed by atoms with E-state index in [0.29, 0.717) is 18.3 Å². The van der Waals surface area contributed by atoms with Crippen LogP contribution in [0.4, 0.5) is 5.13 Å². The molecular formula is C10H15N3O2S. The molecular weight excluding hydrogens is 226 g/mol. The lowest BCUT2D eigenvalue weighted by Crippen LogP contribution is -2.22. The molecule has 2 rings (SSSR count). The van der Waals surface area contributed by atoms with Crippen molar-refractivity contribution in [2.75, 3.05) is 18.5 Å². The Balaban J connectivity index is 1.95. The van der Waals surface area contributed by atoms with Crippen molar-refractivity contribution in [3.63, 3.8) is 0 Å². The molecule has 0 saturated carbocycles. The molecule has 1 aromatic heterocycles. The fourth-order valence-corrected chi connectivity index (χ4v) is 2.32. The average Bonchev–Trinajstić information content (AvgIpc) is 2.87. The van der Waals surface area contributed by atoms with E-state index in [1.807, 2.05) is 12.3 Å². The second-order valence-corrected chi connectivity index (χ2v) is 4.77. The van der Waals surface area contributed by atoms with Crippen LogP contribution in [-0.4, -0.2) is 24.1 Å². The molecule has 2 atom stereocenters. The van der Waals surface area contributed by atoms with Gasteiger partial charge in [0.2, 0.25) is 5.91 Å². The van der Waals surface area contributed by atoms with Crippen molar-refractivity contribution < 1.29 is 9.53 Å². The van der Waals surface area contributed by atoms with Crippen molar-refractivity contribution in [2.24, 2.45) is 11.7 Å². The minimum absolute atomic E-state index is 0.0110. The lowest BCUT2D eigenvalue weighted by atomic mass is 10.1. The topological polar surface area (TPSA) is 77.2 Å². The van der Waals surface area contributed by atoms with Crippen LogP contribution in [0, 0.1) is 5.92 Å². The van der Waals surface area contributed by atoms with Crippen molar-refractivity contribution in [3.8, 4) is 0 Å². The van der Waals surface area contributed by atoms with Crippen LogP contribution >= 0.6 is 11.3 Å². The van der Waals surface area contributed by atoms with E-state index in [-0.39, 0.29) is 17.9 Å². The van der Waals surface area contributed by atoms with Crippen LogP contribution in [-0.2, 0) is 9.53 Å². The highest BCUT2D eigenvalue weighted by Gasteiger charge is 2.24. The number of anilines is 1. The molecule has 1 fully saturated rings. The van der Waals surface area contributed by atoms with Crippen LogP contribution < -0.4 is 11.1 Å². The second-order valence-electron chi connectivity index (χ2n) is 3.92. The van der Waals surface area contributed by atoms with Crippen LogP contribution in [0.1, 0.15) is 25.1 Å². The molecule has 2 heterocycles. The molecule has 5 nitrogen and oxygen atoms in total. The number of carbonyl (C=O) groups excluding carboxylic acids is 1. The number of hydrogen-bond acceptors (Lipinski definition) is 5. The summed E-state index contributed by atoms with van der Waals surface area (Å²) < 4.78 is 5.16. The third-order valence-electron chi connectivity index (χ3n) is 2.52. The highest BCUT2D eigenvalue weighted by atomic mass is 32.1. The largest absolute Gasteiger partial charge is 0.381 e. The van der Waals surface area contributed by atoms with Crippen molar-refractivity contribution in [3.05, 3.63) is 11.1 Å². The van der Waals surface area contributed by atoms with Crippen molar-refractivity contribution in [2.45, 2.75) is 19.4 Å². The van der Waals surface area contributed by atoms with Gasteiger partial charge in [-0.15, -0.1) is 11.3 Å². The third-order valence-corrected chi connectivity index (χ3v) is 3.30. The first-order chi connectivity index (χ1) is 7.66. The quantitative estimate of drug-likeness (QED) is 0.832. The molecule has 1 aromatic rings. The van der Waals surface area contributed by atoms with E-state index in [2.05, 4.69) is 10.3 Å². The monoisotopic (exact) mass is 241 g/mol. The predicted molar refractivity (Wildman–Crippen MR) is 62.3 cm³/mol. The zero-order valence-electron chi connectivity index (χ0n) is 9.10. The van der Waals surface area contributed by atoms with Crippen LogP contribution in [0.25, 0.3) is 0 Å². The van der Waals surface area contributed by atoms with E-state index in [1.54, 1.807) is 0 Å². The summed E-state index contributed by atoms with van der Waals surface area (Å²) >= 11 is 1.40. The van der Waals surface area contributed by atoms with E-state index in [1.165, 1.54) is 11.3 Å². The number of thiazole rings is 1. The molecule has 0 aromatic carbocycles. The molecule has 16 heavy (non-hydrogen) atoms. The predicted octanol–water partition coefficient (Wildman–Crippen LogP) is 1.14. The number of nitrogens with one attached hydrogen (secondary N) is 1. The number of nitrogens with zero attached hydrogens (tertiary/aromatic N) is 1. The second kappa shape index (κ2) is 4.90. The Morgan fingerprint density at radius 3 is 3.19 bits per heavy atom. The summed E-state index contributed by atoms with van der Waals surface area (Å²) in [7, 11) is 0. The van der Waals surface area contributed by atoms with Gasteiger partial charge in [-0.2, -0.15) is 0 Å². The summed E-state index contributed by atoms with van der Waals surface area (Å²) in [4.78, 5) is 16.0. The summed E-state index contributed by atoms with van der Waals surface area (Å²) in [5, 5.41) is 5.27. The molecule has 6 heteroatoms. The standard InChI is InChI=1S/C10H15N3O2S/c1-6(11)8-5-16-10(12-8)13-9(14)7-2-3-15-4-7/h5-7H,2-4,11H2,1H3,(H,12,13,14). The minimum Gasteiger partial charge on any atom is -0.381 e. The molecule has 0 aliphatic carbocycles. The number of aromatic nitrogens is 1. The Morgan fingerprint density at radius 1 is 1.81 bits per heavy atom. The summed E-state index contributed by atoms with van der Waals surface area (Å²) in [5.41, 5.74) is 6.50. The Morgan fingerprint density at radius 2 is 2.62 bits per heavy atom.